The van der Waals surface area contributed by atoms with Crippen LogP contribution in [0.4, 0.5) is 0 Å². The SMILES string of the molecule is [CH2-]CC(C)CC.[CH2-]CC(C)CC.[CH2-]CC(C)CC.[CH2-]CC(C)CCCC(C)CC.[CH3-].[CH3-].[CH3-].[CH3-].[Y].[Y].[Y].[Y]. The first kappa shape index (κ1) is 78.2. The molecule has 0 aliphatic carbocycles. The predicted octanol–water partition coefficient (Wildman–Crippen LogP) is 12.6. The van der Waals surface area contributed by atoms with Gasteiger partial charge in [-0.1, -0.05) is 131 Å². The largest absolute Gasteiger partial charge is 0.358 e. The van der Waals surface area contributed by atoms with E-state index in [2.05, 4.69) is 90.0 Å². The smallest absolute Gasteiger partial charge is 0 e. The summed E-state index contributed by atoms with van der Waals surface area (Å²) in [6.45, 7) is 35.3. The Morgan fingerprint density at radius 2 is 0.568 bits per heavy atom. The van der Waals surface area contributed by atoms with Crippen LogP contribution in [0.2, 0.25) is 0 Å². The van der Waals surface area contributed by atoms with Crippen molar-refractivity contribution in [1.82, 2.24) is 0 Å². The minimum atomic E-state index is 0. The van der Waals surface area contributed by atoms with Crippen LogP contribution in [0, 0.1) is 87.0 Å². The molecule has 0 N–H and O–H groups in total. The molecule has 0 heterocycles. The molecule has 0 aromatic carbocycles. The first-order chi connectivity index (χ1) is 13.6. The molecule has 5 atom stereocenters. The van der Waals surface area contributed by atoms with Gasteiger partial charge < -0.3 is 57.4 Å². The zero-order chi connectivity index (χ0) is 23.7. The zero-order valence-corrected chi connectivity index (χ0v) is 40.2. The van der Waals surface area contributed by atoms with Crippen molar-refractivity contribution in [3.63, 3.8) is 0 Å². The minimum absolute atomic E-state index is 0. The van der Waals surface area contributed by atoms with Crippen LogP contribution in [0.3, 0.4) is 0 Å². The van der Waals surface area contributed by atoms with Gasteiger partial charge in [0.1, 0.15) is 0 Å². The molecule has 0 aliphatic rings. The van der Waals surface area contributed by atoms with Gasteiger partial charge in [0.2, 0.25) is 0 Å². The van der Waals surface area contributed by atoms with E-state index in [9.17, 15) is 0 Å². The van der Waals surface area contributed by atoms with Crippen LogP contribution in [0.15, 0.2) is 0 Å². The van der Waals surface area contributed by atoms with Crippen molar-refractivity contribution in [3.05, 3.63) is 57.4 Å². The van der Waals surface area contributed by atoms with E-state index in [1.54, 1.807) is 0 Å². The van der Waals surface area contributed by atoms with Crippen LogP contribution in [0.1, 0.15) is 133 Å². The summed E-state index contributed by atoms with van der Waals surface area (Å²) in [5.74, 6) is 4.23. The first-order valence-electron chi connectivity index (χ1n) is 12.8. The molecule has 5 unspecified atom stereocenters. The summed E-state index contributed by atoms with van der Waals surface area (Å²) >= 11 is 0. The fourth-order valence-electron chi connectivity index (χ4n) is 1.78. The van der Waals surface area contributed by atoms with Gasteiger partial charge in [0.15, 0.2) is 0 Å². The Labute approximate surface area is 345 Å². The van der Waals surface area contributed by atoms with E-state index >= 15 is 0 Å². The van der Waals surface area contributed by atoms with E-state index < -0.39 is 0 Å². The van der Waals surface area contributed by atoms with Crippen LogP contribution in [0.25, 0.3) is 0 Å². The molecule has 0 rings (SSSR count). The average Bonchev–Trinajstić information content (AvgIpc) is 2.77. The van der Waals surface area contributed by atoms with Crippen molar-refractivity contribution < 1.29 is 131 Å². The Morgan fingerprint density at radius 3 is 0.703 bits per heavy atom. The van der Waals surface area contributed by atoms with Gasteiger partial charge in [0.25, 0.3) is 0 Å². The van der Waals surface area contributed by atoms with Gasteiger partial charge in [-0.05, 0) is 5.92 Å². The molecule has 0 fully saturated rings. The second-order valence-electron chi connectivity index (χ2n) is 9.24. The topological polar surface area (TPSA) is 0 Å². The molecule has 37 heavy (non-hydrogen) atoms. The molecular weight excluding hydrogens is 752 g/mol. The second kappa shape index (κ2) is 67.9. The summed E-state index contributed by atoms with van der Waals surface area (Å²) in [7, 11) is 0. The number of hydrogen-bond acceptors (Lipinski definition) is 0. The monoisotopic (exact) mass is 826 g/mol. The molecule has 0 aromatic rings. The fourth-order valence-corrected chi connectivity index (χ4v) is 1.78. The van der Waals surface area contributed by atoms with Gasteiger partial charge >= 0.3 is 0 Å². The molecule has 226 valence electrons. The summed E-state index contributed by atoms with van der Waals surface area (Å²) < 4.78 is 0. The van der Waals surface area contributed by atoms with Crippen molar-refractivity contribution in [1.29, 1.82) is 0 Å². The van der Waals surface area contributed by atoms with Gasteiger partial charge in [-0.3, -0.25) is 0 Å². The molecule has 0 saturated carbocycles. The number of rotatable bonds is 12. The van der Waals surface area contributed by atoms with E-state index in [1.165, 1.54) is 44.9 Å². The summed E-state index contributed by atoms with van der Waals surface area (Å²) in [4.78, 5) is 0. The zero-order valence-electron chi connectivity index (χ0n) is 28.8. The van der Waals surface area contributed by atoms with Crippen molar-refractivity contribution in [2.24, 2.45) is 29.6 Å². The Morgan fingerprint density at radius 1 is 0.378 bits per heavy atom. The van der Waals surface area contributed by atoms with E-state index in [1.807, 2.05) is 0 Å². The maximum atomic E-state index is 3.90. The molecule has 0 nitrogen and oxygen atoms in total. The quantitative estimate of drug-likeness (QED) is 0.172. The van der Waals surface area contributed by atoms with Crippen molar-refractivity contribution in [2.75, 3.05) is 0 Å². The molecule has 4 radical (unpaired) electrons. The molecule has 0 aromatic heterocycles. The fraction of sp³-hybridized carbons (Fsp3) is 0.758. The molecule has 4 heteroatoms. The van der Waals surface area contributed by atoms with E-state index in [0.29, 0.717) is 0 Å². The van der Waals surface area contributed by atoms with Crippen LogP contribution < -0.4 is 0 Å². The molecule has 0 saturated heterocycles. The summed E-state index contributed by atoms with van der Waals surface area (Å²) in [6.07, 6.45) is 13.6. The van der Waals surface area contributed by atoms with Gasteiger partial charge in [0.05, 0.1) is 0 Å². The standard InChI is InChI=1S/C11H23.3C6H13.4CH3.4Y/c1-5-10(3)8-7-9-11(4)6-2;3*1-4-6(3)5-2;;;;;;;;/h10-11H,1,5-9H2,2-4H3;3*6H,1,4-5H2,2-3H3;4*1H3;;;;/q8*-1;;;;. The summed E-state index contributed by atoms with van der Waals surface area (Å²) in [5, 5.41) is 0. The maximum absolute atomic E-state index is 3.90. The van der Waals surface area contributed by atoms with Gasteiger partial charge in [-0.15, -0.1) is 0 Å². The van der Waals surface area contributed by atoms with Crippen LogP contribution >= 0.6 is 0 Å². The van der Waals surface area contributed by atoms with E-state index in [4.69, 9.17) is 0 Å². The van der Waals surface area contributed by atoms with Crippen molar-refractivity contribution in [2.45, 2.75) is 133 Å². The first-order valence-corrected chi connectivity index (χ1v) is 12.8. The third-order valence-electron chi connectivity index (χ3n) is 6.15. The van der Waals surface area contributed by atoms with Crippen LogP contribution in [0.5, 0.6) is 0 Å². The van der Waals surface area contributed by atoms with E-state index in [0.717, 1.165) is 55.3 Å². The molecule has 0 aliphatic heterocycles. The normalized spacial score (nSPS) is 11.9. The minimum Gasteiger partial charge on any atom is -0.358 e. The Hall–Kier alpha value is 4.42. The summed E-state index contributed by atoms with van der Waals surface area (Å²) in [6, 6.07) is 0. The Bertz CT molecular complexity index is 217. The van der Waals surface area contributed by atoms with Crippen LogP contribution in [-0.2, 0) is 131 Å². The average molecular weight is 827 g/mol. The van der Waals surface area contributed by atoms with Crippen molar-refractivity contribution >= 4 is 0 Å². The Balaban J connectivity index is -0.0000000217. The molecular formula is C33H74Y4-8. The molecule has 0 amide bonds. The van der Waals surface area contributed by atoms with Crippen LogP contribution in [-0.4, -0.2) is 0 Å². The van der Waals surface area contributed by atoms with Gasteiger partial charge in [-0.25, -0.2) is 0 Å². The Kier molecular flexibility index (Phi) is 143. The van der Waals surface area contributed by atoms with Gasteiger partial charge in [0, 0.05) is 131 Å². The third-order valence-corrected chi connectivity index (χ3v) is 6.15. The molecule has 0 spiro atoms. The second-order valence-corrected chi connectivity index (χ2v) is 9.24. The van der Waals surface area contributed by atoms with Gasteiger partial charge in [-0.2, -0.15) is 25.7 Å². The van der Waals surface area contributed by atoms with E-state index in [-0.39, 0.29) is 161 Å². The van der Waals surface area contributed by atoms with Crippen molar-refractivity contribution in [3.8, 4) is 0 Å². The third kappa shape index (κ3) is 85.5. The number of hydrogen-bond donors (Lipinski definition) is 0. The maximum Gasteiger partial charge on any atom is 0 e. The molecule has 0 bridgehead atoms. The summed E-state index contributed by atoms with van der Waals surface area (Å²) in [5.41, 5.74) is 0. The predicted molar refractivity (Wildman–Crippen MR) is 166 cm³/mol.